The van der Waals surface area contributed by atoms with Crippen LogP contribution in [-0.2, 0) is 0 Å². The highest BCUT2D eigenvalue weighted by Crippen LogP contribution is 2.16. The predicted molar refractivity (Wildman–Crippen MR) is 65.4 cm³/mol. The quantitative estimate of drug-likeness (QED) is 0.430. The Hall–Kier alpha value is -0.210. The molecule has 3 nitrogen and oxygen atoms in total. The van der Waals surface area contributed by atoms with Gasteiger partial charge in [0.25, 0.3) is 5.48 Å². The van der Waals surface area contributed by atoms with E-state index in [1.54, 1.807) is 5.82 Å². The first kappa shape index (κ1) is 14.8. The lowest BCUT2D eigenvalue weighted by atomic mass is 10.2. The summed E-state index contributed by atoms with van der Waals surface area (Å²) < 4.78 is 0.593. The Balaban J connectivity index is 4.20. The predicted octanol–water partition coefficient (Wildman–Crippen LogP) is 1.66. The minimum absolute atomic E-state index is 0.0882. The lowest BCUT2D eigenvalue weighted by Gasteiger charge is -2.21. The molecular weight excluding hydrogens is 209 g/mol. The van der Waals surface area contributed by atoms with E-state index in [-0.39, 0.29) is 5.48 Å². The smallest absolute Gasteiger partial charge is 0.279 e. The number of aliphatic hydroxyl groups excluding tert-OH is 1. The summed E-state index contributed by atoms with van der Waals surface area (Å²) in [5.41, 5.74) is 0.0882. The van der Waals surface area contributed by atoms with Crippen molar-refractivity contribution in [2.75, 3.05) is 27.7 Å². The zero-order chi connectivity index (χ0) is 11.9. The summed E-state index contributed by atoms with van der Waals surface area (Å²) in [5.74, 6) is 1.62. The van der Waals surface area contributed by atoms with Gasteiger partial charge in [-0.3, -0.25) is 0 Å². The maximum atomic E-state index is 11.5. The maximum Gasteiger partial charge on any atom is 0.279 e. The molecule has 0 aliphatic carbocycles. The Labute approximate surface area is 94.1 Å². The van der Waals surface area contributed by atoms with E-state index in [1.165, 1.54) is 0 Å². The van der Waals surface area contributed by atoms with Crippen LogP contribution in [0.3, 0.4) is 0 Å². The van der Waals surface area contributed by atoms with E-state index >= 15 is 0 Å². The van der Waals surface area contributed by atoms with E-state index < -0.39 is 7.77 Å². The van der Waals surface area contributed by atoms with Crippen molar-refractivity contribution in [3.8, 4) is 0 Å². The van der Waals surface area contributed by atoms with E-state index in [0.717, 1.165) is 19.3 Å². The van der Waals surface area contributed by atoms with Gasteiger partial charge >= 0.3 is 0 Å². The van der Waals surface area contributed by atoms with Crippen molar-refractivity contribution in [1.82, 2.24) is 0 Å². The molecule has 1 N–H and O–H groups in total. The zero-order valence-electron chi connectivity index (χ0n) is 10.2. The van der Waals surface area contributed by atoms with Crippen LogP contribution in [-0.4, -0.2) is 42.8 Å². The molecule has 4 heteroatoms. The Morgan fingerprint density at radius 1 is 1.40 bits per heavy atom. The Morgan fingerprint density at radius 3 is 2.47 bits per heavy atom. The number of hydrogen-bond donors (Lipinski definition) is 1. The van der Waals surface area contributed by atoms with Gasteiger partial charge in [-0.1, -0.05) is 13.3 Å². The third-order valence-electron chi connectivity index (χ3n) is 1.84. The molecule has 88 valence electrons. The first-order chi connectivity index (χ1) is 6.87. The summed E-state index contributed by atoms with van der Waals surface area (Å²) in [6, 6.07) is 0. The van der Waals surface area contributed by atoms with Gasteiger partial charge in [-0.15, -0.1) is 0 Å². The SMILES string of the molecule is CCCCC=C[P+]([O-])=C(O)C[N+](C)(C)C. The van der Waals surface area contributed by atoms with Gasteiger partial charge in [0, 0.05) is 0 Å². The fourth-order valence-electron chi connectivity index (χ4n) is 1.07. The number of rotatable bonds is 6. The van der Waals surface area contributed by atoms with Crippen LogP contribution in [0.15, 0.2) is 11.9 Å². The van der Waals surface area contributed by atoms with Gasteiger partial charge in [0.15, 0.2) is 6.54 Å². The largest absolute Gasteiger partial charge is 0.624 e. The van der Waals surface area contributed by atoms with Gasteiger partial charge in [0.05, 0.1) is 21.1 Å². The highest BCUT2D eigenvalue weighted by Gasteiger charge is 2.15. The summed E-state index contributed by atoms with van der Waals surface area (Å²) in [7, 11) is 4.18. The van der Waals surface area contributed by atoms with Crippen molar-refractivity contribution in [2.45, 2.75) is 26.2 Å². The molecule has 0 bridgehead atoms. The number of hydrogen-bond acceptors (Lipinski definition) is 1. The normalized spacial score (nSPS) is 14.5. The van der Waals surface area contributed by atoms with Crippen LogP contribution in [0.5, 0.6) is 0 Å². The first-order valence-corrected chi connectivity index (χ1v) is 6.68. The molecule has 0 aliphatic heterocycles. The fraction of sp³-hybridized carbons (Fsp3) is 0.727. The lowest BCUT2D eigenvalue weighted by molar-refractivity contribution is -0.861. The van der Waals surface area contributed by atoms with Crippen molar-refractivity contribution in [3.05, 3.63) is 11.9 Å². The number of aliphatic hydroxyl groups is 1. The summed E-state index contributed by atoms with van der Waals surface area (Å²) in [6.45, 7) is 2.56. The van der Waals surface area contributed by atoms with Crippen molar-refractivity contribution in [3.63, 3.8) is 0 Å². The average molecular weight is 232 g/mol. The number of likely N-dealkylation sites (N-methyl/N-ethyl adjacent to an activating group) is 1. The molecule has 0 aliphatic rings. The van der Waals surface area contributed by atoms with Gasteiger partial charge in [0.2, 0.25) is 0 Å². The number of quaternary nitrogens is 1. The molecule has 0 saturated carbocycles. The second-order valence-corrected chi connectivity index (χ2v) is 6.18. The van der Waals surface area contributed by atoms with Crippen LogP contribution in [0.2, 0.25) is 0 Å². The van der Waals surface area contributed by atoms with Gasteiger partial charge in [-0.2, -0.15) is 0 Å². The summed E-state index contributed by atoms with van der Waals surface area (Å²) in [5, 5.41) is 9.58. The highest BCUT2D eigenvalue weighted by atomic mass is 31.1. The molecule has 15 heavy (non-hydrogen) atoms. The lowest BCUT2D eigenvalue weighted by Crippen LogP contribution is -2.39. The molecule has 0 aromatic carbocycles. The summed E-state index contributed by atoms with van der Waals surface area (Å²) in [6.07, 6.45) is 5.08. The van der Waals surface area contributed by atoms with Gasteiger partial charge in [-0.25, -0.2) is 0 Å². The van der Waals surface area contributed by atoms with E-state index in [4.69, 9.17) is 0 Å². The minimum Gasteiger partial charge on any atom is -0.624 e. The summed E-state index contributed by atoms with van der Waals surface area (Å²) in [4.78, 5) is 11.5. The van der Waals surface area contributed by atoms with Crippen LogP contribution in [0, 0.1) is 0 Å². The van der Waals surface area contributed by atoms with Crippen LogP contribution >= 0.6 is 7.77 Å². The topological polar surface area (TPSA) is 43.3 Å². The van der Waals surface area contributed by atoms with E-state index in [1.807, 2.05) is 27.2 Å². The molecule has 0 heterocycles. The fourth-order valence-corrected chi connectivity index (χ4v) is 2.15. The number of unbranched alkanes of at least 4 members (excludes halogenated alkanes) is 2. The van der Waals surface area contributed by atoms with Crippen LogP contribution < -0.4 is 4.89 Å². The van der Waals surface area contributed by atoms with Crippen molar-refractivity contribution in [2.24, 2.45) is 0 Å². The number of nitrogens with zero attached hydrogens (tertiary/aromatic N) is 1. The minimum atomic E-state index is -1.70. The van der Waals surface area contributed by atoms with Crippen molar-refractivity contribution in [1.29, 1.82) is 0 Å². The second kappa shape index (κ2) is 7.13. The Bertz CT molecular complexity index is 241. The molecule has 1 unspecified atom stereocenters. The molecule has 0 radical (unpaired) electrons. The Kier molecular flexibility index (Phi) is 7.03. The first-order valence-electron chi connectivity index (χ1n) is 5.35. The molecular formula is C11H23NO2P+. The van der Waals surface area contributed by atoms with Gasteiger partial charge < -0.3 is 14.5 Å². The summed E-state index contributed by atoms with van der Waals surface area (Å²) >= 11 is 0. The Morgan fingerprint density at radius 2 is 2.00 bits per heavy atom. The maximum absolute atomic E-state index is 11.5. The van der Waals surface area contributed by atoms with E-state index in [2.05, 4.69) is 6.92 Å². The average Bonchev–Trinajstić information content (AvgIpc) is 2.09. The molecule has 0 amide bonds. The zero-order valence-corrected chi connectivity index (χ0v) is 11.1. The highest BCUT2D eigenvalue weighted by molar-refractivity contribution is 7.54. The number of allylic oxidation sites excluding steroid dienone is 1. The third kappa shape index (κ3) is 8.76. The van der Waals surface area contributed by atoms with Crippen LogP contribution in [0.1, 0.15) is 26.2 Å². The van der Waals surface area contributed by atoms with Crippen LogP contribution in [0.4, 0.5) is 0 Å². The van der Waals surface area contributed by atoms with Gasteiger partial charge in [-0.05, 0) is 18.9 Å². The van der Waals surface area contributed by atoms with E-state index in [9.17, 15) is 10.00 Å². The molecule has 0 fully saturated rings. The standard InChI is InChI=1S/C11H22NO2P/c1-5-6-7-8-9-15(14)11(13)10-12(2,3)4/h8-9H,5-7,10H2,1-4H3/p+1. The monoisotopic (exact) mass is 232 g/mol. The molecule has 0 saturated heterocycles. The van der Waals surface area contributed by atoms with E-state index in [0.29, 0.717) is 11.0 Å². The molecule has 0 aromatic heterocycles. The molecule has 0 aromatic rings. The molecule has 1 atom stereocenters. The van der Waals surface area contributed by atoms with Gasteiger partial charge in [0.1, 0.15) is 13.6 Å². The van der Waals surface area contributed by atoms with Crippen molar-refractivity contribution >= 4 is 13.3 Å². The third-order valence-corrected chi connectivity index (χ3v) is 2.97. The van der Waals surface area contributed by atoms with Crippen molar-refractivity contribution < 1.29 is 14.5 Å². The van der Waals surface area contributed by atoms with Crippen LogP contribution in [0.25, 0.3) is 0 Å². The molecule has 0 rings (SSSR count). The second-order valence-electron chi connectivity index (χ2n) is 4.72. The molecule has 0 spiro atoms.